The van der Waals surface area contributed by atoms with Crippen molar-refractivity contribution in [3.63, 3.8) is 0 Å². The van der Waals surface area contributed by atoms with Crippen molar-refractivity contribution in [3.05, 3.63) is 0 Å². The maximum atomic E-state index is 10.1. The Morgan fingerprint density at radius 2 is 1.25 bits per heavy atom. The molecule has 0 N–H and O–H groups in total. The monoisotopic (exact) mass is 305 g/mol. The number of carbonyl (C=O) groups excluding carboxylic acids is 1. The third-order valence-electron chi connectivity index (χ3n) is 2.48. The minimum Gasteiger partial charge on any atom is -2.00 e. The predicted molar refractivity (Wildman–Crippen MR) is 57.5 cm³/mol. The first-order valence-electron chi connectivity index (χ1n) is 5.97. The van der Waals surface area contributed by atoms with Gasteiger partial charge in [-0.25, -0.2) is 0 Å². The van der Waals surface area contributed by atoms with Crippen LogP contribution in [0.15, 0.2) is 0 Å². The van der Waals surface area contributed by atoms with Crippen LogP contribution in [0.3, 0.4) is 0 Å². The van der Waals surface area contributed by atoms with Gasteiger partial charge in [-0.1, -0.05) is 58.3 Å². The second kappa shape index (κ2) is 17.7. The van der Waals surface area contributed by atoms with Crippen LogP contribution in [-0.4, -0.2) is 5.97 Å². The largest absolute Gasteiger partial charge is 3.00 e. The average molecular weight is 307 g/mol. The summed E-state index contributed by atoms with van der Waals surface area (Å²) in [6.07, 6.45) is 11.2. The third-order valence-corrected chi connectivity index (χ3v) is 2.48. The zero-order valence-corrected chi connectivity index (χ0v) is 12.8. The summed E-state index contributed by atoms with van der Waals surface area (Å²) in [5, 5.41) is 10.1. The molecule has 16 heavy (non-hydrogen) atoms. The van der Waals surface area contributed by atoms with Crippen LogP contribution in [0, 0.1) is 0 Å². The number of hydrogen-bond donors (Lipinski definition) is 0. The Bertz CT molecular complexity index is 140. The van der Waals surface area contributed by atoms with Gasteiger partial charge in [-0.05, 0) is 12.8 Å². The van der Waals surface area contributed by atoms with E-state index in [1.165, 1.54) is 44.9 Å². The zero-order valence-electron chi connectivity index (χ0n) is 10.3. The van der Waals surface area contributed by atoms with Gasteiger partial charge in [0.1, 0.15) is 0 Å². The fraction of sp³-hybridized carbons (Fsp3) is 0.917. The molecule has 0 aromatic carbocycles. The van der Waals surface area contributed by atoms with Crippen LogP contribution < -0.4 is 5.11 Å². The molecule has 4 heteroatoms. The molecule has 0 spiro atoms. The van der Waals surface area contributed by atoms with Gasteiger partial charge < -0.3 is 15.4 Å². The van der Waals surface area contributed by atoms with Crippen molar-refractivity contribution in [1.29, 1.82) is 0 Å². The summed E-state index contributed by atoms with van der Waals surface area (Å²) in [6.45, 7) is 2.22. The van der Waals surface area contributed by atoms with Crippen LogP contribution in [0.4, 0.5) is 0 Å². The second-order valence-electron chi connectivity index (χ2n) is 3.95. The summed E-state index contributed by atoms with van der Waals surface area (Å²) in [5.41, 5.74) is 0. The summed E-state index contributed by atoms with van der Waals surface area (Å²) in [5.74, 6) is -0.909. The number of carboxylic acid groups (broad SMARTS) is 1. The molecule has 0 aromatic rings. The molecule has 0 unspecified atom stereocenters. The molecule has 0 heterocycles. The molecular formula is C12H23O3Zr. The van der Waals surface area contributed by atoms with E-state index in [2.05, 4.69) is 6.92 Å². The molecule has 0 aliphatic carbocycles. The van der Waals surface area contributed by atoms with Crippen LogP contribution in [0.5, 0.6) is 0 Å². The van der Waals surface area contributed by atoms with Gasteiger partial charge in [-0.3, -0.25) is 0 Å². The van der Waals surface area contributed by atoms with E-state index in [1.54, 1.807) is 0 Å². The number of unbranched alkanes of at least 4 members (excludes halogenated alkanes) is 8. The van der Waals surface area contributed by atoms with Gasteiger partial charge in [0, 0.05) is 5.97 Å². The standard InChI is InChI=1S/C12H24O2.O.Zr/c1-2-3-4-5-6-7-8-9-10-11-12(13)14;;/h2-11H2,1H3,(H,13,14);;/q;-2;+3/p-1. The SMILES string of the molecule is CCCCCCCCCCCC(=O)[O-].[O-2].[Zr+3]. The molecule has 0 rings (SSSR count). The van der Waals surface area contributed by atoms with Crippen LogP contribution in [0.25, 0.3) is 0 Å². The Balaban J connectivity index is -0.000000845. The Morgan fingerprint density at radius 1 is 0.875 bits per heavy atom. The molecule has 0 aliphatic rings. The molecule has 0 aromatic heterocycles. The molecule has 0 atom stereocenters. The van der Waals surface area contributed by atoms with Crippen molar-refractivity contribution < 1.29 is 41.6 Å². The maximum Gasteiger partial charge on any atom is 3.00 e. The van der Waals surface area contributed by atoms with Gasteiger partial charge in [0.25, 0.3) is 0 Å². The van der Waals surface area contributed by atoms with Gasteiger partial charge in [-0.15, -0.1) is 0 Å². The third kappa shape index (κ3) is 19.8. The van der Waals surface area contributed by atoms with E-state index in [-0.39, 0.29) is 38.1 Å². The molecule has 1 radical (unpaired) electrons. The van der Waals surface area contributed by atoms with E-state index >= 15 is 0 Å². The zero-order chi connectivity index (χ0) is 10.6. The normalized spacial score (nSPS) is 9.06. The van der Waals surface area contributed by atoms with Gasteiger partial charge >= 0.3 is 26.2 Å². The first-order chi connectivity index (χ1) is 6.77. The number of hydrogen-bond acceptors (Lipinski definition) is 2. The van der Waals surface area contributed by atoms with Crippen LogP contribution in [0.1, 0.15) is 71.1 Å². The Kier molecular flexibility index (Phi) is 23.9. The molecule has 0 saturated carbocycles. The Morgan fingerprint density at radius 3 is 1.62 bits per heavy atom. The minimum atomic E-state index is -0.909. The van der Waals surface area contributed by atoms with Gasteiger partial charge in [0.05, 0.1) is 0 Å². The molecule has 0 amide bonds. The topological polar surface area (TPSA) is 68.6 Å². The van der Waals surface area contributed by atoms with E-state index < -0.39 is 5.97 Å². The van der Waals surface area contributed by atoms with E-state index in [4.69, 9.17) is 0 Å². The van der Waals surface area contributed by atoms with Gasteiger partial charge in [0.2, 0.25) is 0 Å². The van der Waals surface area contributed by atoms with Crippen molar-refractivity contribution in [2.24, 2.45) is 0 Å². The molecule has 0 saturated heterocycles. The number of carbonyl (C=O) groups is 1. The summed E-state index contributed by atoms with van der Waals surface area (Å²) in [4.78, 5) is 10.1. The van der Waals surface area contributed by atoms with E-state index in [1.807, 2.05) is 0 Å². The Labute approximate surface area is 118 Å². The summed E-state index contributed by atoms with van der Waals surface area (Å²) in [6, 6.07) is 0. The Hall–Kier alpha value is 0.313. The van der Waals surface area contributed by atoms with Gasteiger partial charge in [0.15, 0.2) is 0 Å². The van der Waals surface area contributed by atoms with Crippen molar-refractivity contribution in [2.75, 3.05) is 0 Å². The predicted octanol–water partition coefficient (Wildman–Crippen LogP) is 2.54. The number of aliphatic carboxylic acids is 1. The van der Waals surface area contributed by atoms with Crippen molar-refractivity contribution in [3.8, 4) is 0 Å². The quantitative estimate of drug-likeness (QED) is 0.582. The molecule has 93 valence electrons. The molecule has 0 aliphatic heterocycles. The first-order valence-corrected chi connectivity index (χ1v) is 5.97. The average Bonchev–Trinajstić information content (AvgIpc) is 2.15. The molecular weight excluding hydrogens is 283 g/mol. The van der Waals surface area contributed by atoms with Crippen molar-refractivity contribution in [1.82, 2.24) is 0 Å². The van der Waals surface area contributed by atoms with E-state index in [9.17, 15) is 9.90 Å². The second-order valence-corrected chi connectivity index (χ2v) is 3.95. The first kappa shape index (κ1) is 21.6. The number of rotatable bonds is 10. The maximum absolute atomic E-state index is 10.1. The summed E-state index contributed by atoms with van der Waals surface area (Å²) >= 11 is 0. The fourth-order valence-corrected chi connectivity index (χ4v) is 1.58. The fourth-order valence-electron chi connectivity index (χ4n) is 1.58. The van der Waals surface area contributed by atoms with Crippen molar-refractivity contribution >= 4 is 5.97 Å². The van der Waals surface area contributed by atoms with E-state index in [0.29, 0.717) is 0 Å². The molecule has 0 bridgehead atoms. The van der Waals surface area contributed by atoms with Crippen LogP contribution in [0.2, 0.25) is 0 Å². The summed E-state index contributed by atoms with van der Waals surface area (Å²) in [7, 11) is 0. The summed E-state index contributed by atoms with van der Waals surface area (Å²) < 4.78 is 0. The van der Waals surface area contributed by atoms with E-state index in [0.717, 1.165) is 12.8 Å². The minimum absolute atomic E-state index is 0. The number of carboxylic acids is 1. The smallest absolute Gasteiger partial charge is 2.00 e. The van der Waals surface area contributed by atoms with Crippen LogP contribution in [-0.2, 0) is 36.5 Å². The van der Waals surface area contributed by atoms with Crippen LogP contribution >= 0.6 is 0 Å². The molecule has 0 fully saturated rings. The van der Waals surface area contributed by atoms with Crippen molar-refractivity contribution in [2.45, 2.75) is 71.1 Å². The molecule has 3 nitrogen and oxygen atoms in total. The van der Waals surface area contributed by atoms with Gasteiger partial charge in [-0.2, -0.15) is 0 Å².